The highest BCUT2D eigenvalue weighted by Gasteiger charge is 2.30. The number of hydrogen-bond donors (Lipinski definition) is 2. The molecule has 0 aliphatic carbocycles. The minimum Gasteiger partial charge on any atom is -0.395 e. The van der Waals surface area contributed by atoms with Crippen molar-refractivity contribution in [2.75, 3.05) is 13.2 Å². The predicted octanol–water partition coefficient (Wildman–Crippen LogP) is 1.55. The van der Waals surface area contributed by atoms with Gasteiger partial charge in [0.15, 0.2) is 0 Å². The zero-order valence-corrected chi connectivity index (χ0v) is 10.4. The molecule has 90 valence electrons. The van der Waals surface area contributed by atoms with Gasteiger partial charge in [0.1, 0.15) is 0 Å². The number of ether oxygens (including phenoxy) is 1. The molecular formula is C12H25NO2. The molecule has 1 rings (SSSR count). The van der Waals surface area contributed by atoms with Gasteiger partial charge in [0.2, 0.25) is 0 Å². The molecule has 0 aromatic heterocycles. The Morgan fingerprint density at radius 2 is 2.13 bits per heavy atom. The summed E-state index contributed by atoms with van der Waals surface area (Å²) < 4.78 is 5.67. The lowest BCUT2D eigenvalue weighted by Gasteiger charge is -2.38. The summed E-state index contributed by atoms with van der Waals surface area (Å²) in [6.07, 6.45) is 2.07. The summed E-state index contributed by atoms with van der Waals surface area (Å²) in [6.45, 7) is 9.57. The number of aliphatic hydroxyl groups is 1. The number of hydrogen-bond acceptors (Lipinski definition) is 3. The summed E-state index contributed by atoms with van der Waals surface area (Å²) in [7, 11) is 0. The molecule has 0 spiro atoms. The summed E-state index contributed by atoms with van der Waals surface area (Å²) >= 11 is 0. The van der Waals surface area contributed by atoms with E-state index in [4.69, 9.17) is 4.74 Å². The Labute approximate surface area is 93.2 Å². The lowest BCUT2D eigenvalue weighted by atomic mass is 9.92. The summed E-state index contributed by atoms with van der Waals surface area (Å²) in [5, 5.41) is 12.8. The molecule has 1 aliphatic heterocycles. The Balaban J connectivity index is 2.43. The van der Waals surface area contributed by atoms with Crippen molar-refractivity contribution in [1.82, 2.24) is 5.32 Å². The van der Waals surface area contributed by atoms with E-state index in [9.17, 15) is 5.11 Å². The zero-order valence-electron chi connectivity index (χ0n) is 10.4. The lowest BCUT2D eigenvalue weighted by Crippen LogP contribution is -2.50. The van der Waals surface area contributed by atoms with E-state index in [1.165, 1.54) is 0 Å². The average Bonchev–Trinajstić information content (AvgIpc) is 2.12. The molecule has 1 heterocycles. The van der Waals surface area contributed by atoms with Crippen molar-refractivity contribution in [3.05, 3.63) is 0 Å². The highest BCUT2D eigenvalue weighted by atomic mass is 16.5. The van der Waals surface area contributed by atoms with Crippen LogP contribution in [0.15, 0.2) is 0 Å². The molecule has 1 aliphatic rings. The normalized spacial score (nSPS) is 28.0. The van der Waals surface area contributed by atoms with Gasteiger partial charge >= 0.3 is 0 Å². The molecule has 0 bridgehead atoms. The van der Waals surface area contributed by atoms with Crippen LogP contribution in [0.2, 0.25) is 0 Å². The van der Waals surface area contributed by atoms with Crippen LogP contribution in [0.1, 0.15) is 40.5 Å². The van der Waals surface area contributed by atoms with Crippen LogP contribution in [0.25, 0.3) is 0 Å². The van der Waals surface area contributed by atoms with Crippen LogP contribution < -0.4 is 5.32 Å². The molecule has 0 aromatic carbocycles. The second-order valence-corrected chi connectivity index (χ2v) is 5.50. The van der Waals surface area contributed by atoms with Crippen LogP contribution in [0.3, 0.4) is 0 Å². The molecule has 1 fully saturated rings. The topological polar surface area (TPSA) is 41.5 Å². The average molecular weight is 215 g/mol. The zero-order chi connectivity index (χ0) is 11.5. The second kappa shape index (κ2) is 5.28. The minimum atomic E-state index is -0.0209. The van der Waals surface area contributed by atoms with Gasteiger partial charge < -0.3 is 15.2 Å². The molecule has 1 saturated heterocycles. The molecule has 15 heavy (non-hydrogen) atoms. The maximum Gasteiger partial charge on any atom is 0.0641 e. The third kappa shape index (κ3) is 4.09. The van der Waals surface area contributed by atoms with Gasteiger partial charge in [-0.1, -0.05) is 13.8 Å². The van der Waals surface area contributed by atoms with E-state index in [1.54, 1.807) is 0 Å². The van der Waals surface area contributed by atoms with Gasteiger partial charge in [-0.3, -0.25) is 0 Å². The molecule has 2 N–H and O–H groups in total. The van der Waals surface area contributed by atoms with Gasteiger partial charge in [0, 0.05) is 18.7 Å². The fourth-order valence-electron chi connectivity index (χ4n) is 2.13. The lowest BCUT2D eigenvalue weighted by molar-refractivity contribution is -0.0656. The van der Waals surface area contributed by atoms with Crippen LogP contribution in [0.4, 0.5) is 0 Å². The van der Waals surface area contributed by atoms with E-state index in [1.807, 2.05) is 0 Å². The first-order chi connectivity index (χ1) is 6.94. The maximum absolute atomic E-state index is 9.26. The first kappa shape index (κ1) is 12.9. The summed E-state index contributed by atoms with van der Waals surface area (Å²) in [5.41, 5.74) is -0.0209. The molecule has 3 nitrogen and oxygen atoms in total. The SMILES string of the molecule is CC(C)[C@@H](CO)NC1CCOC(C)(C)C1. The Kier molecular flexibility index (Phi) is 4.56. The monoisotopic (exact) mass is 215 g/mol. The smallest absolute Gasteiger partial charge is 0.0641 e. The van der Waals surface area contributed by atoms with Gasteiger partial charge in [0.05, 0.1) is 12.2 Å². The third-order valence-corrected chi connectivity index (χ3v) is 3.15. The van der Waals surface area contributed by atoms with Gasteiger partial charge in [-0.2, -0.15) is 0 Å². The molecule has 0 aromatic rings. The Bertz CT molecular complexity index is 192. The van der Waals surface area contributed by atoms with Gasteiger partial charge in [-0.25, -0.2) is 0 Å². The van der Waals surface area contributed by atoms with Crippen LogP contribution in [0, 0.1) is 5.92 Å². The van der Waals surface area contributed by atoms with E-state index >= 15 is 0 Å². The Morgan fingerprint density at radius 1 is 1.47 bits per heavy atom. The van der Waals surface area contributed by atoms with E-state index in [0.717, 1.165) is 19.4 Å². The molecule has 0 radical (unpaired) electrons. The minimum absolute atomic E-state index is 0.0209. The van der Waals surface area contributed by atoms with Crippen molar-refractivity contribution in [2.45, 2.75) is 58.2 Å². The number of nitrogens with one attached hydrogen (secondary N) is 1. The van der Waals surface area contributed by atoms with Crippen molar-refractivity contribution < 1.29 is 9.84 Å². The van der Waals surface area contributed by atoms with Crippen LogP contribution in [-0.2, 0) is 4.74 Å². The first-order valence-corrected chi connectivity index (χ1v) is 5.95. The highest BCUT2D eigenvalue weighted by molar-refractivity contribution is 4.85. The standard InChI is InChI=1S/C12H25NO2/c1-9(2)11(8-14)13-10-5-6-15-12(3,4)7-10/h9-11,13-14H,5-8H2,1-4H3/t10?,11-/m1/s1. The molecule has 1 unspecified atom stereocenters. The van der Waals surface area contributed by atoms with E-state index in [-0.39, 0.29) is 18.2 Å². The van der Waals surface area contributed by atoms with Gasteiger partial charge in [-0.05, 0) is 32.6 Å². The van der Waals surface area contributed by atoms with Crippen molar-refractivity contribution in [1.29, 1.82) is 0 Å². The second-order valence-electron chi connectivity index (χ2n) is 5.50. The Morgan fingerprint density at radius 3 is 2.60 bits per heavy atom. The maximum atomic E-state index is 9.26. The molecule has 0 amide bonds. The Hall–Kier alpha value is -0.120. The molecule has 3 heteroatoms. The van der Waals surface area contributed by atoms with E-state index < -0.39 is 0 Å². The van der Waals surface area contributed by atoms with E-state index in [0.29, 0.717) is 12.0 Å². The summed E-state index contributed by atoms with van der Waals surface area (Å²) in [4.78, 5) is 0. The molecular weight excluding hydrogens is 190 g/mol. The fraction of sp³-hybridized carbons (Fsp3) is 1.00. The number of rotatable bonds is 4. The van der Waals surface area contributed by atoms with Crippen LogP contribution in [0.5, 0.6) is 0 Å². The number of aliphatic hydroxyl groups excluding tert-OH is 1. The van der Waals surface area contributed by atoms with Crippen LogP contribution in [-0.4, -0.2) is 36.0 Å². The molecule has 2 atom stereocenters. The first-order valence-electron chi connectivity index (χ1n) is 5.95. The largest absolute Gasteiger partial charge is 0.395 e. The van der Waals surface area contributed by atoms with Crippen molar-refractivity contribution >= 4 is 0 Å². The van der Waals surface area contributed by atoms with Crippen molar-refractivity contribution in [3.8, 4) is 0 Å². The quantitative estimate of drug-likeness (QED) is 0.747. The van der Waals surface area contributed by atoms with Gasteiger partial charge in [0.25, 0.3) is 0 Å². The fourth-order valence-corrected chi connectivity index (χ4v) is 2.13. The summed E-state index contributed by atoms with van der Waals surface area (Å²) in [5.74, 6) is 0.473. The summed E-state index contributed by atoms with van der Waals surface area (Å²) in [6, 6.07) is 0.692. The van der Waals surface area contributed by atoms with E-state index in [2.05, 4.69) is 33.0 Å². The third-order valence-electron chi connectivity index (χ3n) is 3.15. The van der Waals surface area contributed by atoms with Crippen molar-refractivity contribution in [3.63, 3.8) is 0 Å². The highest BCUT2D eigenvalue weighted by Crippen LogP contribution is 2.24. The van der Waals surface area contributed by atoms with Crippen LogP contribution >= 0.6 is 0 Å². The van der Waals surface area contributed by atoms with Crippen molar-refractivity contribution in [2.24, 2.45) is 5.92 Å². The predicted molar refractivity (Wildman–Crippen MR) is 61.9 cm³/mol. The van der Waals surface area contributed by atoms with Gasteiger partial charge in [-0.15, -0.1) is 0 Å². The molecule has 0 saturated carbocycles.